The molecule has 0 aromatic heterocycles. The van der Waals surface area contributed by atoms with Crippen molar-refractivity contribution in [1.29, 1.82) is 0 Å². The number of ether oxygens (including phenoxy) is 1. The van der Waals surface area contributed by atoms with E-state index in [9.17, 15) is 14.0 Å². The molecule has 0 bridgehead atoms. The number of carbonyl (C=O) groups excluding carboxylic acids is 2. The summed E-state index contributed by atoms with van der Waals surface area (Å²) in [6.45, 7) is 8.06. The van der Waals surface area contributed by atoms with Crippen LogP contribution >= 0.6 is 0 Å². The van der Waals surface area contributed by atoms with Gasteiger partial charge in [-0.2, -0.15) is 0 Å². The van der Waals surface area contributed by atoms with Crippen LogP contribution in [-0.2, 0) is 16.0 Å². The van der Waals surface area contributed by atoms with Crippen LogP contribution in [-0.4, -0.2) is 24.5 Å². The second-order valence-corrected chi connectivity index (χ2v) is 7.38. The quantitative estimate of drug-likeness (QED) is 0.820. The fraction of sp³-hybridized carbons (Fsp3) is 0.556. The zero-order valence-electron chi connectivity index (χ0n) is 14.2. The van der Waals surface area contributed by atoms with Gasteiger partial charge in [-0.15, -0.1) is 0 Å². The average molecular weight is 321 g/mol. The molecule has 1 fully saturated rings. The second kappa shape index (κ2) is 6.69. The maximum atomic E-state index is 14.4. The van der Waals surface area contributed by atoms with Crippen molar-refractivity contribution in [2.24, 2.45) is 5.41 Å². The Morgan fingerprint density at radius 2 is 2.09 bits per heavy atom. The fourth-order valence-electron chi connectivity index (χ4n) is 2.72. The molecule has 4 nitrogen and oxygen atoms in total. The van der Waals surface area contributed by atoms with E-state index in [1.54, 1.807) is 6.07 Å². The zero-order valence-corrected chi connectivity index (χ0v) is 14.2. The zero-order chi connectivity index (χ0) is 17.2. The molecule has 1 atom stereocenters. The molecule has 126 valence electrons. The molecule has 1 aliphatic heterocycles. The van der Waals surface area contributed by atoms with E-state index in [1.807, 2.05) is 6.07 Å². The number of amides is 1. The van der Waals surface area contributed by atoms with Crippen LogP contribution in [0.4, 0.5) is 14.9 Å². The van der Waals surface area contributed by atoms with Crippen LogP contribution in [0.25, 0.3) is 0 Å². The Kier molecular flexibility index (Phi) is 5.07. The molecule has 1 aromatic rings. The molecule has 5 heteroatoms. The highest BCUT2D eigenvalue weighted by Crippen LogP contribution is 2.29. The van der Waals surface area contributed by atoms with E-state index in [4.69, 9.17) is 4.74 Å². The Morgan fingerprint density at radius 1 is 1.39 bits per heavy atom. The summed E-state index contributed by atoms with van der Waals surface area (Å²) < 4.78 is 19.6. The molecule has 1 aliphatic rings. The summed E-state index contributed by atoms with van der Waals surface area (Å²) in [5.41, 5.74) is 1.20. The molecule has 1 saturated heterocycles. The van der Waals surface area contributed by atoms with Gasteiger partial charge >= 0.3 is 6.09 Å². The Hall–Kier alpha value is -1.91. The van der Waals surface area contributed by atoms with Gasteiger partial charge in [0, 0.05) is 6.42 Å². The van der Waals surface area contributed by atoms with Gasteiger partial charge in [0.2, 0.25) is 0 Å². The van der Waals surface area contributed by atoms with E-state index >= 15 is 0 Å². The number of cyclic esters (lactones) is 1. The number of halogens is 1. The van der Waals surface area contributed by atoms with Crippen molar-refractivity contribution in [2.45, 2.75) is 53.1 Å². The minimum atomic E-state index is -0.555. The number of rotatable bonds is 5. The van der Waals surface area contributed by atoms with Crippen LogP contribution in [0, 0.1) is 11.2 Å². The van der Waals surface area contributed by atoms with E-state index in [0.717, 1.165) is 12.0 Å². The van der Waals surface area contributed by atoms with Crippen LogP contribution < -0.4 is 4.90 Å². The molecule has 1 heterocycles. The van der Waals surface area contributed by atoms with Gasteiger partial charge < -0.3 is 9.53 Å². The van der Waals surface area contributed by atoms with Crippen molar-refractivity contribution in [3.63, 3.8) is 0 Å². The Labute approximate surface area is 136 Å². The summed E-state index contributed by atoms with van der Waals surface area (Å²) in [6, 6.07) is 4.96. The first-order valence-electron chi connectivity index (χ1n) is 7.92. The Balaban J connectivity index is 2.09. The van der Waals surface area contributed by atoms with Gasteiger partial charge in [0.25, 0.3) is 0 Å². The van der Waals surface area contributed by atoms with Crippen LogP contribution in [0.5, 0.6) is 0 Å². The van der Waals surface area contributed by atoms with Crippen molar-refractivity contribution < 1.29 is 18.7 Å². The molecule has 0 spiro atoms. The van der Waals surface area contributed by atoms with Gasteiger partial charge in [-0.1, -0.05) is 26.8 Å². The highest BCUT2D eigenvalue weighted by molar-refractivity contribution is 5.90. The molecule has 1 aromatic carbocycles. The highest BCUT2D eigenvalue weighted by Gasteiger charge is 2.33. The molecule has 1 amide bonds. The number of benzene rings is 1. The van der Waals surface area contributed by atoms with Gasteiger partial charge in [-0.3, -0.25) is 4.90 Å². The third-order valence-corrected chi connectivity index (χ3v) is 3.73. The van der Waals surface area contributed by atoms with Crippen LogP contribution in [0.1, 0.15) is 46.1 Å². The van der Waals surface area contributed by atoms with E-state index in [0.29, 0.717) is 12.8 Å². The van der Waals surface area contributed by atoms with E-state index in [1.165, 1.54) is 17.9 Å². The second-order valence-electron chi connectivity index (χ2n) is 7.38. The van der Waals surface area contributed by atoms with Crippen molar-refractivity contribution in [2.75, 3.05) is 11.4 Å². The predicted octanol–water partition coefficient (Wildman–Crippen LogP) is 4.11. The molecule has 0 aliphatic carbocycles. The van der Waals surface area contributed by atoms with Gasteiger partial charge in [0.05, 0.1) is 12.2 Å². The smallest absolute Gasteiger partial charge is 0.414 e. The minimum Gasteiger partial charge on any atom is -0.444 e. The Morgan fingerprint density at radius 3 is 2.65 bits per heavy atom. The molecule has 0 saturated carbocycles. The standard InChI is InChI=1S/C18H24FNO3/c1-12(21)5-7-14-11-20(17(22)23-14)16-8-6-13(9-15(16)19)10-18(2,3)4/h6,8-9,14H,5,7,10-11H2,1-4H3/t14-/m0/s1. The van der Waals surface area contributed by atoms with Crippen LogP contribution in [0.3, 0.4) is 0 Å². The van der Waals surface area contributed by atoms with Crippen LogP contribution in [0.15, 0.2) is 18.2 Å². The average Bonchev–Trinajstić information content (AvgIpc) is 2.76. The molecule has 2 rings (SSSR count). The first kappa shape index (κ1) is 17.4. The van der Waals surface area contributed by atoms with E-state index in [2.05, 4.69) is 20.8 Å². The number of ketones is 1. The molecule has 0 N–H and O–H groups in total. The molecule has 0 unspecified atom stereocenters. The summed E-state index contributed by atoms with van der Waals surface area (Å²) in [5, 5.41) is 0. The summed E-state index contributed by atoms with van der Waals surface area (Å²) in [7, 11) is 0. The summed E-state index contributed by atoms with van der Waals surface area (Å²) >= 11 is 0. The maximum absolute atomic E-state index is 14.4. The van der Waals surface area contributed by atoms with Crippen molar-refractivity contribution in [1.82, 2.24) is 0 Å². The molecular weight excluding hydrogens is 297 g/mol. The van der Waals surface area contributed by atoms with Gasteiger partial charge in [-0.05, 0) is 42.9 Å². The molecular formula is C18H24FNO3. The summed E-state index contributed by atoms with van der Waals surface area (Å²) in [6.07, 6.45) is 0.678. The fourth-order valence-corrected chi connectivity index (χ4v) is 2.72. The summed E-state index contributed by atoms with van der Waals surface area (Å²) in [4.78, 5) is 24.3. The highest BCUT2D eigenvalue weighted by atomic mass is 19.1. The predicted molar refractivity (Wildman–Crippen MR) is 87.1 cm³/mol. The number of carbonyl (C=O) groups is 2. The number of nitrogens with zero attached hydrogens (tertiary/aromatic N) is 1. The van der Waals surface area contributed by atoms with Gasteiger partial charge in [0.1, 0.15) is 17.7 Å². The topological polar surface area (TPSA) is 46.6 Å². The third kappa shape index (κ3) is 4.78. The lowest BCUT2D eigenvalue weighted by Crippen LogP contribution is -2.25. The lowest BCUT2D eigenvalue weighted by atomic mass is 9.88. The van der Waals surface area contributed by atoms with Crippen molar-refractivity contribution in [3.8, 4) is 0 Å². The van der Waals surface area contributed by atoms with Gasteiger partial charge in [0.15, 0.2) is 0 Å². The normalized spacial score (nSPS) is 18.2. The monoisotopic (exact) mass is 321 g/mol. The molecule has 0 radical (unpaired) electrons. The number of Topliss-reactive ketones (excluding diaryl/α,β-unsaturated/α-hetero) is 1. The lowest BCUT2D eigenvalue weighted by molar-refractivity contribution is -0.117. The number of hydrogen-bond donors (Lipinski definition) is 0. The number of hydrogen-bond acceptors (Lipinski definition) is 3. The van der Waals surface area contributed by atoms with Gasteiger partial charge in [-0.25, -0.2) is 9.18 Å². The Bertz CT molecular complexity index is 607. The lowest BCUT2D eigenvalue weighted by Gasteiger charge is -2.19. The summed E-state index contributed by atoms with van der Waals surface area (Å²) in [5.74, 6) is -0.367. The SMILES string of the molecule is CC(=O)CC[C@H]1CN(c2ccc(CC(C)(C)C)cc2F)C(=O)O1. The first-order chi connectivity index (χ1) is 10.7. The first-order valence-corrected chi connectivity index (χ1v) is 7.92. The molecule has 23 heavy (non-hydrogen) atoms. The van der Waals surface area contributed by atoms with Crippen molar-refractivity contribution >= 4 is 17.6 Å². The van der Waals surface area contributed by atoms with Crippen LogP contribution in [0.2, 0.25) is 0 Å². The number of anilines is 1. The van der Waals surface area contributed by atoms with E-state index < -0.39 is 11.9 Å². The van der Waals surface area contributed by atoms with E-state index in [-0.39, 0.29) is 29.5 Å². The third-order valence-electron chi connectivity index (χ3n) is 3.73. The van der Waals surface area contributed by atoms with Crippen molar-refractivity contribution in [3.05, 3.63) is 29.6 Å². The minimum absolute atomic E-state index is 0.0530. The maximum Gasteiger partial charge on any atom is 0.414 e. The largest absolute Gasteiger partial charge is 0.444 e.